The van der Waals surface area contributed by atoms with Crippen LogP contribution in [0, 0.1) is 61.2 Å². The minimum absolute atomic E-state index is 0.0327. The smallest absolute Gasteiger partial charge is 0.321 e. The van der Waals surface area contributed by atoms with E-state index in [1.54, 1.807) is 6.92 Å². The Morgan fingerprint density at radius 3 is 2.06 bits per heavy atom. The van der Waals surface area contributed by atoms with Crippen LogP contribution in [0.25, 0.3) is 23.8 Å². The van der Waals surface area contributed by atoms with Gasteiger partial charge in [-0.3, -0.25) is 14.4 Å². The number of rotatable bonds is 21. The first-order valence-electron chi connectivity index (χ1n) is 25.3. The Morgan fingerprint density at radius 1 is 0.831 bits per heavy atom. The molecule has 0 radical (unpaired) electrons. The van der Waals surface area contributed by atoms with Gasteiger partial charge in [0.2, 0.25) is 0 Å². The summed E-state index contributed by atoms with van der Waals surface area (Å²) in [7, 11) is 1.33. The fourth-order valence-corrected chi connectivity index (χ4v) is 11.3. The fourth-order valence-electron chi connectivity index (χ4n) is 11.3. The number of aliphatic hydroxyl groups excluding tert-OH is 1. The van der Waals surface area contributed by atoms with Gasteiger partial charge in [-0.1, -0.05) is 106 Å². The SMILES string of the molecule is CC[C@@H]1C(C)=C2/C=c3\[nH]/c(c(C)c3C(C)O)=C\C3N/C(=C4\c5[nH]c(c(C)c5C(=O)[C@@H]4C(=O)OC)/C=C/1N2)[C@@H](CCC(=O)OCCC(C)CCC[C@H](C)CCC[C@H](C)CCCC(C)C)[C@@H]3C. The lowest BCUT2D eigenvalue weighted by atomic mass is 9.83. The number of aromatic nitrogens is 2. The summed E-state index contributed by atoms with van der Waals surface area (Å²) < 4.78 is 11.2. The van der Waals surface area contributed by atoms with Gasteiger partial charge in [-0.25, -0.2) is 0 Å². The van der Waals surface area contributed by atoms with Crippen LogP contribution in [0.15, 0.2) is 22.7 Å². The predicted octanol–water partition coefficient (Wildman–Crippen LogP) is 10.2. The quantitative estimate of drug-likeness (QED) is 0.0615. The molecule has 10 heteroatoms. The molecular weight excluding hydrogens is 813 g/mol. The van der Waals surface area contributed by atoms with Gasteiger partial charge in [-0.05, 0) is 111 Å². The van der Waals surface area contributed by atoms with E-state index in [1.165, 1.54) is 64.0 Å². The molecule has 6 rings (SSSR count). The molecule has 0 amide bonds. The molecule has 2 aromatic heterocycles. The summed E-state index contributed by atoms with van der Waals surface area (Å²) in [5, 5.41) is 20.3. The molecule has 358 valence electrons. The lowest BCUT2D eigenvalue weighted by molar-refractivity contribution is -0.144. The van der Waals surface area contributed by atoms with Gasteiger partial charge in [0.1, 0.15) is 5.92 Å². The molecule has 2 aromatic rings. The van der Waals surface area contributed by atoms with Crippen molar-refractivity contribution in [2.24, 2.45) is 47.3 Å². The van der Waals surface area contributed by atoms with Crippen LogP contribution in [0.2, 0.25) is 0 Å². The van der Waals surface area contributed by atoms with Crippen LogP contribution in [0.4, 0.5) is 0 Å². The Kier molecular flexibility index (Phi) is 17.0. The Balaban J connectivity index is 1.19. The van der Waals surface area contributed by atoms with Crippen molar-refractivity contribution >= 4 is 41.5 Å². The molecule has 5 heterocycles. The van der Waals surface area contributed by atoms with Crippen molar-refractivity contribution in [1.82, 2.24) is 20.6 Å². The summed E-state index contributed by atoms with van der Waals surface area (Å²) in [4.78, 5) is 48.8. The predicted molar refractivity (Wildman–Crippen MR) is 262 cm³/mol. The van der Waals surface area contributed by atoms with Crippen molar-refractivity contribution in [3.8, 4) is 0 Å². The molecule has 4 aliphatic rings. The standard InChI is InChI=1S/C55H82N4O6/c1-13-39-34(7)41-29-46-48(38(11)60)36(9)43(57-46)27-42-35(8)40(52(58-42)50-51(55(63)64-12)54(62)49-37(10)44(59-53(49)50)28-45(39)56-41)23-24-47(61)65-26-25-33(6)22-16-21-32(5)20-15-19-31(4)18-14-17-30(2)3/h27-33,35,38-40,42,51,56-60H,13-26H2,1-12H3/b43-27-,45-28-,46-29-,52-50-/t31-,32-,33?,35+,38?,39-,40+,42?,51-/m1/s1. The Morgan fingerprint density at radius 2 is 1.46 bits per heavy atom. The van der Waals surface area contributed by atoms with E-state index in [2.05, 4.69) is 94.2 Å². The zero-order valence-electron chi connectivity index (χ0n) is 41.9. The Labute approximate surface area is 389 Å². The first-order valence-corrected chi connectivity index (χ1v) is 25.3. The van der Waals surface area contributed by atoms with Crippen molar-refractivity contribution in [2.75, 3.05) is 13.7 Å². The average Bonchev–Trinajstić information content (AvgIpc) is 4.00. The van der Waals surface area contributed by atoms with Gasteiger partial charge >= 0.3 is 11.9 Å². The fraction of sp³-hybridized carbons (Fsp3) is 0.655. The number of methoxy groups -OCH3 is 1. The van der Waals surface area contributed by atoms with Gasteiger partial charge in [0, 0.05) is 74.5 Å². The van der Waals surface area contributed by atoms with Gasteiger partial charge in [0.15, 0.2) is 5.78 Å². The first-order chi connectivity index (χ1) is 30.9. The highest BCUT2D eigenvalue weighted by molar-refractivity contribution is 6.24. The largest absolute Gasteiger partial charge is 0.468 e. The molecule has 5 N–H and O–H groups in total. The van der Waals surface area contributed by atoms with E-state index in [-0.39, 0.29) is 42.0 Å². The normalized spacial score (nSPS) is 26.1. The Bertz CT molecular complexity index is 2270. The van der Waals surface area contributed by atoms with Gasteiger partial charge in [-0.15, -0.1) is 0 Å². The summed E-state index contributed by atoms with van der Waals surface area (Å²) >= 11 is 0. The number of aromatic amines is 2. The lowest BCUT2D eigenvalue weighted by Gasteiger charge is -2.20. The number of Topliss-reactive ketones (excluding diaryl/α,β-unsaturated/α-hetero) is 1. The number of carbonyl (C=O) groups is 3. The van der Waals surface area contributed by atoms with Crippen LogP contribution in [0.5, 0.6) is 0 Å². The highest BCUT2D eigenvalue weighted by atomic mass is 16.5. The Hall–Kier alpha value is -4.31. The van der Waals surface area contributed by atoms with E-state index in [9.17, 15) is 19.5 Å². The molecule has 8 bridgehead atoms. The van der Waals surface area contributed by atoms with E-state index in [1.807, 2.05) is 13.8 Å². The van der Waals surface area contributed by atoms with Crippen LogP contribution in [0.3, 0.4) is 0 Å². The molecule has 1 saturated heterocycles. The number of allylic oxidation sites excluding steroid dienone is 3. The summed E-state index contributed by atoms with van der Waals surface area (Å²) in [6, 6.07) is -0.223. The second-order valence-electron chi connectivity index (χ2n) is 21.0. The third-order valence-corrected chi connectivity index (χ3v) is 15.5. The minimum atomic E-state index is -1.14. The highest BCUT2D eigenvalue weighted by Gasteiger charge is 2.49. The van der Waals surface area contributed by atoms with Crippen LogP contribution < -0.4 is 21.3 Å². The number of aliphatic hydroxyl groups is 1. The van der Waals surface area contributed by atoms with E-state index >= 15 is 0 Å². The van der Waals surface area contributed by atoms with Gasteiger partial charge in [0.05, 0.1) is 25.5 Å². The number of fused-ring (bicyclic) bond motifs is 7. The van der Waals surface area contributed by atoms with Crippen molar-refractivity contribution in [2.45, 2.75) is 172 Å². The maximum Gasteiger partial charge on any atom is 0.321 e. The molecule has 3 aliphatic heterocycles. The second-order valence-corrected chi connectivity index (χ2v) is 21.0. The van der Waals surface area contributed by atoms with Gasteiger partial charge < -0.3 is 35.2 Å². The molecule has 0 saturated carbocycles. The van der Waals surface area contributed by atoms with Crippen molar-refractivity contribution in [1.29, 1.82) is 0 Å². The van der Waals surface area contributed by atoms with Crippen molar-refractivity contribution < 1.29 is 29.0 Å². The molecular formula is C55H82N4O6. The number of H-pyrrole nitrogens is 2. The number of hydrogen-bond acceptors (Lipinski definition) is 8. The molecule has 9 atom stereocenters. The third-order valence-electron chi connectivity index (χ3n) is 15.5. The van der Waals surface area contributed by atoms with E-state index in [4.69, 9.17) is 9.47 Å². The maximum absolute atomic E-state index is 14.4. The number of hydrogen-bond donors (Lipinski definition) is 5. The third kappa shape index (κ3) is 11.3. The zero-order valence-corrected chi connectivity index (χ0v) is 41.9. The van der Waals surface area contributed by atoms with Gasteiger partial charge in [0.25, 0.3) is 0 Å². The topological polar surface area (TPSA) is 146 Å². The summed E-state index contributed by atoms with van der Waals surface area (Å²) in [6.07, 6.45) is 19.7. The molecule has 65 heavy (non-hydrogen) atoms. The zero-order chi connectivity index (χ0) is 47.3. The molecule has 1 aliphatic carbocycles. The summed E-state index contributed by atoms with van der Waals surface area (Å²) in [5.41, 5.74) is 9.07. The lowest BCUT2D eigenvalue weighted by Crippen LogP contribution is -2.28. The van der Waals surface area contributed by atoms with Gasteiger partial charge in [-0.2, -0.15) is 0 Å². The van der Waals surface area contributed by atoms with E-state index in [0.29, 0.717) is 35.8 Å². The van der Waals surface area contributed by atoms with Crippen LogP contribution in [-0.2, 0) is 19.1 Å². The van der Waals surface area contributed by atoms with Crippen LogP contribution in [-0.4, -0.2) is 52.6 Å². The summed E-state index contributed by atoms with van der Waals surface area (Å²) in [5.74, 6) is 0.482. The summed E-state index contributed by atoms with van der Waals surface area (Å²) in [6.45, 7) is 24.3. The van der Waals surface area contributed by atoms with Crippen LogP contribution >= 0.6 is 0 Å². The van der Waals surface area contributed by atoms with Crippen molar-refractivity contribution in [3.63, 3.8) is 0 Å². The minimum Gasteiger partial charge on any atom is -0.468 e. The van der Waals surface area contributed by atoms with Crippen molar-refractivity contribution in [3.05, 3.63) is 67.0 Å². The van der Waals surface area contributed by atoms with Crippen LogP contribution in [0.1, 0.15) is 190 Å². The molecule has 0 spiro atoms. The number of ketones is 1. The number of esters is 2. The first kappa shape index (κ1) is 50.1. The molecule has 3 unspecified atom stereocenters. The number of carbonyl (C=O) groups excluding carboxylic acids is 3. The second kappa shape index (κ2) is 22.0. The average molecular weight is 895 g/mol. The highest BCUT2D eigenvalue weighted by Crippen LogP contribution is 2.48. The monoisotopic (exact) mass is 895 g/mol. The molecule has 1 fully saturated rings. The number of nitrogens with one attached hydrogen (secondary N) is 4. The van der Waals surface area contributed by atoms with E-state index < -0.39 is 18.0 Å². The molecule has 10 nitrogen and oxygen atoms in total. The maximum atomic E-state index is 14.4. The molecule has 0 aromatic carbocycles. The van der Waals surface area contributed by atoms with E-state index in [0.717, 1.165) is 87.2 Å². The number of ether oxygens (including phenoxy) is 2.